The predicted molar refractivity (Wildman–Crippen MR) is 112 cm³/mol. The number of hydrogen-bond donors (Lipinski definition) is 1. The first-order valence-corrected chi connectivity index (χ1v) is 9.05. The van der Waals surface area contributed by atoms with E-state index in [-0.39, 0.29) is 16.8 Å². The van der Waals surface area contributed by atoms with Gasteiger partial charge in [-0.25, -0.2) is 9.78 Å². The van der Waals surface area contributed by atoms with E-state index >= 15 is 0 Å². The number of Topliss-reactive ketones (excluding diaryl/α,β-unsaturated/α-hetero) is 1. The number of methoxy groups -OCH3 is 1. The maximum atomic E-state index is 12.8. The van der Waals surface area contributed by atoms with Gasteiger partial charge in [0.05, 0.1) is 23.9 Å². The summed E-state index contributed by atoms with van der Waals surface area (Å²) < 4.78 is 10.4. The molecule has 30 heavy (non-hydrogen) atoms. The van der Waals surface area contributed by atoms with Crippen LogP contribution in [0.5, 0.6) is 5.75 Å². The number of nitriles is 1. The molecule has 7 nitrogen and oxygen atoms in total. The van der Waals surface area contributed by atoms with Crippen LogP contribution in [0.25, 0.3) is 22.2 Å². The zero-order valence-electron chi connectivity index (χ0n) is 16.5. The molecule has 0 fully saturated rings. The van der Waals surface area contributed by atoms with Crippen LogP contribution in [0.2, 0.25) is 0 Å². The van der Waals surface area contributed by atoms with E-state index < -0.39 is 18.4 Å². The minimum absolute atomic E-state index is 0.0784. The molecule has 3 rings (SSSR count). The highest BCUT2D eigenvalue weighted by atomic mass is 16.5. The van der Waals surface area contributed by atoms with Crippen molar-refractivity contribution in [2.75, 3.05) is 13.7 Å². The fourth-order valence-electron chi connectivity index (χ4n) is 2.91. The van der Waals surface area contributed by atoms with Crippen molar-refractivity contribution in [3.05, 3.63) is 71.4 Å². The Morgan fingerprint density at radius 3 is 2.47 bits per heavy atom. The molecule has 150 valence electrons. The van der Waals surface area contributed by atoms with Crippen molar-refractivity contribution in [1.82, 2.24) is 4.98 Å². The fourth-order valence-corrected chi connectivity index (χ4v) is 2.91. The van der Waals surface area contributed by atoms with Crippen molar-refractivity contribution in [2.45, 2.75) is 6.92 Å². The summed E-state index contributed by atoms with van der Waals surface area (Å²) in [5, 5.41) is 9.62. The van der Waals surface area contributed by atoms with Crippen LogP contribution in [0.1, 0.15) is 17.3 Å². The van der Waals surface area contributed by atoms with Crippen LogP contribution in [0, 0.1) is 11.3 Å². The molecule has 0 spiro atoms. The molecule has 3 aromatic rings. The quantitative estimate of drug-likeness (QED) is 0.382. The molecule has 0 aliphatic carbocycles. The standard InChI is InChI=1S/C23H19N3O4/c1-14(25)19(12-24)22(27)13-30-23(28)18-11-21(15-7-9-16(29-2)10-8-15)26-20-6-4-3-5-17(18)20/h3-11H,13,25H2,1-2H3/b19-14-. The predicted octanol–water partition coefficient (Wildman–Crippen LogP) is 3.39. The number of allylic oxidation sites excluding steroid dienone is 1. The lowest BCUT2D eigenvalue weighted by atomic mass is 10.0. The molecule has 0 atom stereocenters. The first kappa shape index (κ1) is 20.6. The van der Waals surface area contributed by atoms with E-state index in [2.05, 4.69) is 4.98 Å². The summed E-state index contributed by atoms with van der Waals surface area (Å²) in [6, 6.07) is 17.8. The van der Waals surface area contributed by atoms with Gasteiger partial charge in [0.25, 0.3) is 0 Å². The van der Waals surface area contributed by atoms with E-state index in [1.807, 2.05) is 18.2 Å². The van der Waals surface area contributed by atoms with Crippen molar-refractivity contribution in [2.24, 2.45) is 5.73 Å². The normalized spacial score (nSPS) is 11.4. The van der Waals surface area contributed by atoms with Crippen LogP contribution in [-0.4, -0.2) is 30.5 Å². The van der Waals surface area contributed by atoms with Crippen molar-refractivity contribution < 1.29 is 19.1 Å². The van der Waals surface area contributed by atoms with E-state index in [4.69, 9.17) is 20.5 Å². The number of benzene rings is 2. The molecule has 0 saturated carbocycles. The second-order valence-corrected chi connectivity index (χ2v) is 6.47. The number of ether oxygens (including phenoxy) is 2. The second kappa shape index (κ2) is 8.88. The Morgan fingerprint density at radius 1 is 1.13 bits per heavy atom. The Balaban J connectivity index is 1.96. The zero-order valence-corrected chi connectivity index (χ0v) is 16.5. The maximum absolute atomic E-state index is 12.8. The molecule has 0 aliphatic rings. The van der Waals surface area contributed by atoms with Crippen molar-refractivity contribution >= 4 is 22.7 Å². The van der Waals surface area contributed by atoms with Gasteiger partial charge in [0.2, 0.25) is 5.78 Å². The van der Waals surface area contributed by atoms with Gasteiger partial charge in [0.1, 0.15) is 17.4 Å². The third kappa shape index (κ3) is 4.28. The Labute approximate surface area is 173 Å². The summed E-state index contributed by atoms with van der Waals surface area (Å²) in [7, 11) is 1.58. The molecule has 0 bridgehead atoms. The lowest BCUT2D eigenvalue weighted by molar-refractivity contribution is -0.118. The molecule has 0 radical (unpaired) electrons. The van der Waals surface area contributed by atoms with Gasteiger partial charge in [0.15, 0.2) is 6.61 Å². The molecule has 2 aromatic carbocycles. The summed E-state index contributed by atoms with van der Waals surface area (Å²) in [6.45, 7) is 0.862. The fraction of sp³-hybridized carbons (Fsp3) is 0.130. The average Bonchev–Trinajstić information content (AvgIpc) is 2.77. The van der Waals surface area contributed by atoms with Crippen LogP contribution < -0.4 is 10.5 Å². The lowest BCUT2D eigenvalue weighted by Crippen LogP contribution is -2.18. The number of nitrogens with zero attached hydrogens (tertiary/aromatic N) is 2. The van der Waals surface area contributed by atoms with Gasteiger partial charge in [-0.15, -0.1) is 0 Å². The van der Waals surface area contributed by atoms with Gasteiger partial charge in [-0.1, -0.05) is 18.2 Å². The minimum atomic E-state index is -0.691. The number of ketones is 1. The minimum Gasteiger partial charge on any atom is -0.497 e. The number of rotatable bonds is 6. The molecule has 7 heteroatoms. The summed E-state index contributed by atoms with van der Waals surface area (Å²) in [6.07, 6.45) is 0. The van der Waals surface area contributed by atoms with Gasteiger partial charge >= 0.3 is 5.97 Å². The van der Waals surface area contributed by atoms with Crippen molar-refractivity contribution in [3.63, 3.8) is 0 Å². The smallest absolute Gasteiger partial charge is 0.339 e. The molecule has 1 aromatic heterocycles. The highest BCUT2D eigenvalue weighted by molar-refractivity contribution is 6.06. The number of fused-ring (bicyclic) bond motifs is 1. The maximum Gasteiger partial charge on any atom is 0.339 e. The van der Waals surface area contributed by atoms with Crippen LogP contribution >= 0.6 is 0 Å². The van der Waals surface area contributed by atoms with Gasteiger partial charge in [-0.3, -0.25) is 4.79 Å². The van der Waals surface area contributed by atoms with Gasteiger partial charge in [-0.05, 0) is 43.3 Å². The lowest BCUT2D eigenvalue weighted by Gasteiger charge is -2.10. The van der Waals surface area contributed by atoms with Gasteiger partial charge in [-0.2, -0.15) is 5.26 Å². The van der Waals surface area contributed by atoms with E-state index in [9.17, 15) is 9.59 Å². The third-order valence-corrected chi connectivity index (χ3v) is 4.44. The monoisotopic (exact) mass is 401 g/mol. The molecule has 2 N–H and O–H groups in total. The van der Waals surface area contributed by atoms with Gasteiger partial charge in [0, 0.05) is 16.6 Å². The first-order chi connectivity index (χ1) is 14.4. The van der Waals surface area contributed by atoms with Crippen LogP contribution in [-0.2, 0) is 9.53 Å². The largest absolute Gasteiger partial charge is 0.497 e. The van der Waals surface area contributed by atoms with Crippen LogP contribution in [0.3, 0.4) is 0 Å². The molecular formula is C23H19N3O4. The summed E-state index contributed by atoms with van der Waals surface area (Å²) >= 11 is 0. The zero-order chi connectivity index (χ0) is 21.7. The van der Waals surface area contributed by atoms with Crippen molar-refractivity contribution in [1.29, 1.82) is 5.26 Å². The van der Waals surface area contributed by atoms with Crippen LogP contribution in [0.4, 0.5) is 0 Å². The SMILES string of the molecule is COc1ccc(-c2cc(C(=O)OCC(=O)/C(C#N)=C(/C)N)c3ccccc3n2)cc1. The molecule has 0 amide bonds. The molecule has 0 unspecified atom stereocenters. The summed E-state index contributed by atoms with van der Waals surface area (Å²) in [5.41, 5.74) is 7.63. The van der Waals surface area contributed by atoms with Crippen molar-refractivity contribution in [3.8, 4) is 23.1 Å². The Bertz CT molecular complexity index is 1190. The number of carbonyl (C=O) groups excluding carboxylic acids is 2. The molecular weight excluding hydrogens is 382 g/mol. The van der Waals surface area contributed by atoms with E-state index in [0.29, 0.717) is 22.3 Å². The van der Waals surface area contributed by atoms with E-state index in [1.54, 1.807) is 49.6 Å². The number of nitrogens with two attached hydrogens (primary N) is 1. The number of pyridine rings is 1. The molecule has 0 saturated heterocycles. The second-order valence-electron chi connectivity index (χ2n) is 6.47. The van der Waals surface area contributed by atoms with E-state index in [1.165, 1.54) is 6.92 Å². The number of para-hydroxylation sites is 1. The Kier molecular flexibility index (Phi) is 6.08. The number of carbonyl (C=O) groups is 2. The Hall–Kier alpha value is -4.18. The molecule has 1 heterocycles. The highest BCUT2D eigenvalue weighted by Crippen LogP contribution is 2.26. The number of esters is 1. The average molecular weight is 401 g/mol. The first-order valence-electron chi connectivity index (χ1n) is 9.05. The topological polar surface area (TPSA) is 115 Å². The number of hydrogen-bond acceptors (Lipinski definition) is 7. The summed E-state index contributed by atoms with van der Waals surface area (Å²) in [4.78, 5) is 29.5. The summed E-state index contributed by atoms with van der Waals surface area (Å²) in [5.74, 6) is -0.641. The third-order valence-electron chi connectivity index (χ3n) is 4.44. The van der Waals surface area contributed by atoms with Crippen LogP contribution in [0.15, 0.2) is 65.9 Å². The molecule has 0 aliphatic heterocycles. The van der Waals surface area contributed by atoms with Gasteiger partial charge < -0.3 is 15.2 Å². The van der Waals surface area contributed by atoms with E-state index in [0.717, 1.165) is 5.56 Å². The highest BCUT2D eigenvalue weighted by Gasteiger charge is 2.18. The Morgan fingerprint density at radius 2 is 1.83 bits per heavy atom. The number of aromatic nitrogens is 1.